The minimum absolute atomic E-state index is 0.112. The van der Waals surface area contributed by atoms with Crippen LogP contribution in [0, 0.1) is 0 Å². The first-order chi connectivity index (χ1) is 12.0. The van der Waals surface area contributed by atoms with Gasteiger partial charge in [0, 0.05) is 12.6 Å². The predicted molar refractivity (Wildman–Crippen MR) is 99.3 cm³/mol. The Morgan fingerprint density at radius 3 is 2.76 bits per heavy atom. The van der Waals surface area contributed by atoms with Gasteiger partial charge < -0.3 is 15.4 Å². The Bertz CT molecular complexity index is 936. The second-order valence-corrected chi connectivity index (χ2v) is 6.49. The van der Waals surface area contributed by atoms with Gasteiger partial charge in [-0.1, -0.05) is 23.5 Å². The highest BCUT2D eigenvalue weighted by atomic mass is 32.1. The number of fused-ring (bicyclic) bond motifs is 1. The zero-order chi connectivity index (χ0) is 17.8. The zero-order valence-corrected chi connectivity index (χ0v) is 14.6. The third-order valence-corrected chi connectivity index (χ3v) is 4.39. The third-order valence-electron chi connectivity index (χ3n) is 3.45. The molecule has 1 aromatic heterocycles. The molecule has 0 fully saturated rings. The highest BCUT2D eigenvalue weighted by Gasteiger charge is 2.09. The van der Waals surface area contributed by atoms with Crippen molar-refractivity contribution in [3.05, 3.63) is 48.0 Å². The van der Waals surface area contributed by atoms with Crippen LogP contribution in [-0.2, 0) is 16.0 Å². The van der Waals surface area contributed by atoms with Crippen LogP contribution in [0.15, 0.2) is 42.5 Å². The van der Waals surface area contributed by atoms with Crippen molar-refractivity contribution in [3.63, 3.8) is 0 Å². The van der Waals surface area contributed by atoms with E-state index < -0.39 is 0 Å². The maximum atomic E-state index is 12.2. The van der Waals surface area contributed by atoms with E-state index in [1.54, 1.807) is 13.2 Å². The lowest BCUT2D eigenvalue weighted by atomic mass is 10.1. The Balaban J connectivity index is 1.71. The van der Waals surface area contributed by atoms with E-state index in [2.05, 4.69) is 15.6 Å². The molecule has 25 heavy (non-hydrogen) atoms. The Morgan fingerprint density at radius 1 is 1.16 bits per heavy atom. The van der Waals surface area contributed by atoms with Crippen molar-refractivity contribution in [3.8, 4) is 5.75 Å². The van der Waals surface area contributed by atoms with Gasteiger partial charge in [-0.25, -0.2) is 4.98 Å². The van der Waals surface area contributed by atoms with Gasteiger partial charge in [0.1, 0.15) is 5.75 Å². The molecule has 0 radical (unpaired) electrons. The molecule has 0 bridgehead atoms. The minimum atomic E-state index is -0.161. The summed E-state index contributed by atoms with van der Waals surface area (Å²) < 4.78 is 6.06. The number of hydrogen-bond acceptors (Lipinski definition) is 5. The normalized spacial score (nSPS) is 10.5. The molecule has 0 aliphatic heterocycles. The third kappa shape index (κ3) is 4.33. The molecular formula is C18H17N3O3S. The average Bonchev–Trinajstić information content (AvgIpc) is 2.95. The number of rotatable bonds is 5. The highest BCUT2D eigenvalue weighted by Crippen LogP contribution is 2.28. The Hall–Kier alpha value is -2.93. The number of carbonyl (C=O) groups is 2. The Labute approximate surface area is 148 Å². The van der Waals surface area contributed by atoms with E-state index in [0.717, 1.165) is 21.5 Å². The van der Waals surface area contributed by atoms with E-state index in [-0.39, 0.29) is 18.2 Å². The number of amides is 2. The SMILES string of the molecule is COc1cccc(CC(=O)Nc2ccc3nc(NC(C)=O)sc3c2)c1. The molecule has 128 valence electrons. The molecule has 2 N–H and O–H groups in total. The lowest BCUT2D eigenvalue weighted by molar-refractivity contribution is -0.116. The highest BCUT2D eigenvalue weighted by molar-refractivity contribution is 7.22. The van der Waals surface area contributed by atoms with Crippen molar-refractivity contribution in [1.82, 2.24) is 4.98 Å². The quantitative estimate of drug-likeness (QED) is 0.735. The first kappa shape index (κ1) is 16.9. The van der Waals surface area contributed by atoms with Gasteiger partial charge in [-0.2, -0.15) is 0 Å². The maximum Gasteiger partial charge on any atom is 0.228 e. The molecule has 0 aliphatic carbocycles. The van der Waals surface area contributed by atoms with Gasteiger partial charge >= 0.3 is 0 Å². The summed E-state index contributed by atoms with van der Waals surface area (Å²) >= 11 is 1.36. The number of carbonyl (C=O) groups excluding carboxylic acids is 2. The minimum Gasteiger partial charge on any atom is -0.497 e. The number of benzene rings is 2. The van der Waals surface area contributed by atoms with Crippen molar-refractivity contribution in [2.75, 3.05) is 17.7 Å². The number of hydrogen-bond donors (Lipinski definition) is 2. The molecule has 7 heteroatoms. The molecule has 0 saturated carbocycles. The zero-order valence-electron chi connectivity index (χ0n) is 13.8. The Kier molecular flexibility index (Phi) is 4.95. The van der Waals surface area contributed by atoms with Crippen molar-refractivity contribution < 1.29 is 14.3 Å². The molecule has 3 aromatic rings. The van der Waals surface area contributed by atoms with Crippen molar-refractivity contribution in [1.29, 1.82) is 0 Å². The molecule has 0 unspecified atom stereocenters. The van der Waals surface area contributed by atoms with Crippen LogP contribution in [0.2, 0.25) is 0 Å². The topological polar surface area (TPSA) is 80.3 Å². The molecule has 3 rings (SSSR count). The van der Waals surface area contributed by atoms with E-state index in [1.165, 1.54) is 18.3 Å². The number of thiazole rings is 1. The van der Waals surface area contributed by atoms with Crippen LogP contribution >= 0.6 is 11.3 Å². The summed E-state index contributed by atoms with van der Waals surface area (Å²) in [6.07, 6.45) is 0.259. The fourth-order valence-electron chi connectivity index (χ4n) is 2.38. The van der Waals surface area contributed by atoms with Crippen molar-refractivity contribution in [2.24, 2.45) is 0 Å². The van der Waals surface area contributed by atoms with E-state index in [9.17, 15) is 9.59 Å². The molecule has 2 aromatic carbocycles. The molecule has 6 nitrogen and oxygen atoms in total. The molecule has 0 saturated heterocycles. The average molecular weight is 355 g/mol. The summed E-state index contributed by atoms with van der Waals surface area (Å²) in [5.41, 5.74) is 2.35. The van der Waals surface area contributed by atoms with Crippen LogP contribution in [-0.4, -0.2) is 23.9 Å². The second kappa shape index (κ2) is 7.31. The number of ether oxygens (including phenoxy) is 1. The fourth-order valence-corrected chi connectivity index (χ4v) is 3.33. The van der Waals surface area contributed by atoms with E-state index in [0.29, 0.717) is 10.8 Å². The summed E-state index contributed by atoms with van der Waals surface area (Å²) in [6, 6.07) is 12.9. The lowest BCUT2D eigenvalue weighted by Gasteiger charge is -2.06. The molecule has 0 aliphatic rings. The van der Waals surface area contributed by atoms with Gasteiger partial charge in [-0.3, -0.25) is 9.59 Å². The van der Waals surface area contributed by atoms with Gasteiger partial charge in [-0.05, 0) is 35.9 Å². The fraction of sp³-hybridized carbons (Fsp3) is 0.167. The molecule has 2 amide bonds. The van der Waals surface area contributed by atoms with Crippen LogP contribution < -0.4 is 15.4 Å². The Morgan fingerprint density at radius 2 is 2.00 bits per heavy atom. The lowest BCUT2D eigenvalue weighted by Crippen LogP contribution is -2.14. The molecular weight excluding hydrogens is 338 g/mol. The number of nitrogens with one attached hydrogen (secondary N) is 2. The van der Waals surface area contributed by atoms with Crippen LogP contribution in [0.3, 0.4) is 0 Å². The second-order valence-electron chi connectivity index (χ2n) is 5.46. The first-order valence-electron chi connectivity index (χ1n) is 7.64. The van der Waals surface area contributed by atoms with Crippen LogP contribution in [0.1, 0.15) is 12.5 Å². The summed E-state index contributed by atoms with van der Waals surface area (Å²) in [5, 5.41) is 6.09. The van der Waals surface area contributed by atoms with E-state index in [4.69, 9.17) is 4.74 Å². The number of nitrogens with zero attached hydrogens (tertiary/aromatic N) is 1. The monoisotopic (exact) mass is 355 g/mol. The van der Waals surface area contributed by atoms with Crippen LogP contribution in [0.4, 0.5) is 10.8 Å². The molecule has 0 atom stereocenters. The first-order valence-corrected chi connectivity index (χ1v) is 8.46. The predicted octanol–water partition coefficient (Wildman–Crippen LogP) is 3.44. The van der Waals surface area contributed by atoms with Gasteiger partial charge in [0.25, 0.3) is 0 Å². The van der Waals surface area contributed by atoms with Crippen LogP contribution in [0.5, 0.6) is 5.75 Å². The standard InChI is InChI=1S/C18H17N3O3S/c1-11(22)19-18-21-15-7-6-13(10-16(15)25-18)20-17(23)9-12-4-3-5-14(8-12)24-2/h3-8,10H,9H2,1-2H3,(H,20,23)(H,19,21,22). The summed E-state index contributed by atoms with van der Waals surface area (Å²) in [7, 11) is 1.60. The van der Waals surface area contributed by atoms with Crippen molar-refractivity contribution in [2.45, 2.75) is 13.3 Å². The van der Waals surface area contributed by atoms with Gasteiger partial charge in [0.15, 0.2) is 5.13 Å². The molecule has 1 heterocycles. The van der Waals surface area contributed by atoms with Crippen LogP contribution in [0.25, 0.3) is 10.2 Å². The van der Waals surface area contributed by atoms with Crippen molar-refractivity contribution >= 4 is 44.2 Å². The number of aromatic nitrogens is 1. The van der Waals surface area contributed by atoms with Gasteiger partial charge in [-0.15, -0.1) is 0 Å². The number of anilines is 2. The summed E-state index contributed by atoms with van der Waals surface area (Å²) in [5.74, 6) is 0.451. The maximum absolute atomic E-state index is 12.2. The smallest absolute Gasteiger partial charge is 0.228 e. The largest absolute Gasteiger partial charge is 0.497 e. The number of methoxy groups -OCH3 is 1. The summed E-state index contributed by atoms with van der Waals surface area (Å²) in [4.78, 5) is 27.7. The van der Waals surface area contributed by atoms with Gasteiger partial charge in [0.05, 0.1) is 23.7 Å². The van der Waals surface area contributed by atoms with E-state index >= 15 is 0 Å². The van der Waals surface area contributed by atoms with Gasteiger partial charge in [0.2, 0.25) is 11.8 Å². The summed E-state index contributed by atoms with van der Waals surface area (Å²) in [6.45, 7) is 1.44. The van der Waals surface area contributed by atoms with E-state index in [1.807, 2.05) is 36.4 Å². The molecule has 0 spiro atoms.